The lowest BCUT2D eigenvalue weighted by molar-refractivity contribution is -0.0794. The molecule has 3 aromatic heterocycles. The second kappa shape index (κ2) is 6.12. The molecule has 0 spiro atoms. The number of halogens is 2. The molecule has 0 unspecified atom stereocenters. The fourth-order valence-electron chi connectivity index (χ4n) is 3.15. The Kier molecular flexibility index (Phi) is 3.87. The second-order valence-electron chi connectivity index (χ2n) is 6.62. The zero-order chi connectivity index (χ0) is 19.2. The maximum Gasteiger partial charge on any atom is 0.252 e. The van der Waals surface area contributed by atoms with Gasteiger partial charge in [-0.05, 0) is 29.4 Å². The lowest BCUT2D eigenvalue weighted by atomic mass is 9.88. The molecule has 1 aliphatic rings. The van der Waals surface area contributed by atoms with Crippen molar-refractivity contribution >= 4 is 22.7 Å². The Labute approximate surface area is 152 Å². The van der Waals surface area contributed by atoms with E-state index in [-0.39, 0.29) is 12.8 Å². The number of alkyl halides is 2. The standard InChI is InChI=1S/C17H15F2N7O/c1-8-12(13(21)14-16(22-8)26-27-25-14)4-10-3-2-9(7-20)15(23-10)24-11-5-17(18,19)6-11/h2-3,11H,4-6,21H2,1H3,(H,23,24). The molecular weight excluding hydrogens is 356 g/mol. The van der Waals surface area contributed by atoms with Gasteiger partial charge in [0.25, 0.3) is 5.92 Å². The molecule has 8 nitrogen and oxygen atoms in total. The number of hydrogen-bond acceptors (Lipinski definition) is 8. The number of nitrogens with two attached hydrogens (primary N) is 1. The van der Waals surface area contributed by atoms with Crippen LogP contribution in [0.15, 0.2) is 16.8 Å². The van der Waals surface area contributed by atoms with Crippen molar-refractivity contribution in [3.8, 4) is 6.07 Å². The largest absolute Gasteiger partial charge is 0.396 e. The summed E-state index contributed by atoms with van der Waals surface area (Å²) in [7, 11) is 0. The molecule has 0 atom stereocenters. The van der Waals surface area contributed by atoms with Gasteiger partial charge in [-0.25, -0.2) is 23.4 Å². The lowest BCUT2D eigenvalue weighted by Gasteiger charge is -2.35. The van der Waals surface area contributed by atoms with Gasteiger partial charge >= 0.3 is 0 Å². The van der Waals surface area contributed by atoms with Gasteiger partial charge in [0.1, 0.15) is 11.9 Å². The van der Waals surface area contributed by atoms with Gasteiger partial charge in [-0.15, -0.1) is 0 Å². The monoisotopic (exact) mass is 371 g/mol. The molecule has 0 amide bonds. The Morgan fingerprint density at radius 2 is 2.11 bits per heavy atom. The second-order valence-corrected chi connectivity index (χ2v) is 6.62. The zero-order valence-corrected chi connectivity index (χ0v) is 14.3. The van der Waals surface area contributed by atoms with Crippen molar-refractivity contribution in [3.63, 3.8) is 0 Å². The Morgan fingerprint density at radius 3 is 2.81 bits per heavy atom. The molecule has 3 N–H and O–H groups in total. The number of aryl methyl sites for hydroxylation is 1. The van der Waals surface area contributed by atoms with E-state index >= 15 is 0 Å². The Balaban J connectivity index is 1.63. The third-order valence-corrected chi connectivity index (χ3v) is 4.62. The third kappa shape index (κ3) is 3.12. The number of fused-ring (bicyclic) bond motifs is 1. The summed E-state index contributed by atoms with van der Waals surface area (Å²) >= 11 is 0. The molecule has 27 heavy (non-hydrogen) atoms. The van der Waals surface area contributed by atoms with Crippen molar-refractivity contribution in [3.05, 3.63) is 34.6 Å². The van der Waals surface area contributed by atoms with E-state index in [1.54, 1.807) is 19.1 Å². The van der Waals surface area contributed by atoms with Gasteiger partial charge in [0, 0.05) is 42.3 Å². The fraction of sp³-hybridized carbons (Fsp3) is 0.353. The number of pyridine rings is 2. The van der Waals surface area contributed by atoms with E-state index in [0.717, 1.165) is 5.56 Å². The fourth-order valence-corrected chi connectivity index (χ4v) is 3.15. The number of nitrogens with zero attached hydrogens (tertiary/aromatic N) is 5. The molecule has 3 aromatic rings. The molecule has 3 heterocycles. The number of nitrogens with one attached hydrogen (secondary N) is 1. The van der Waals surface area contributed by atoms with Crippen LogP contribution in [0.1, 0.15) is 35.4 Å². The highest BCUT2D eigenvalue weighted by Crippen LogP contribution is 2.39. The zero-order valence-electron chi connectivity index (χ0n) is 14.3. The normalized spacial score (nSPS) is 16.1. The first-order valence-electron chi connectivity index (χ1n) is 8.28. The lowest BCUT2D eigenvalue weighted by Crippen LogP contribution is -2.44. The highest BCUT2D eigenvalue weighted by molar-refractivity contribution is 5.85. The van der Waals surface area contributed by atoms with Crippen LogP contribution in [0, 0.1) is 18.3 Å². The van der Waals surface area contributed by atoms with Gasteiger partial charge < -0.3 is 11.1 Å². The van der Waals surface area contributed by atoms with Crippen LogP contribution in [0.4, 0.5) is 20.3 Å². The molecule has 4 rings (SSSR count). The van der Waals surface area contributed by atoms with Gasteiger partial charge in [0.2, 0.25) is 5.65 Å². The van der Waals surface area contributed by atoms with E-state index in [4.69, 9.17) is 5.73 Å². The minimum absolute atomic E-state index is 0.268. The maximum absolute atomic E-state index is 13.1. The van der Waals surface area contributed by atoms with E-state index in [9.17, 15) is 14.0 Å². The first kappa shape index (κ1) is 17.1. The average Bonchev–Trinajstić information content (AvgIpc) is 3.05. The quantitative estimate of drug-likeness (QED) is 0.716. The number of anilines is 2. The summed E-state index contributed by atoms with van der Waals surface area (Å²) in [5.74, 6) is -2.36. The summed E-state index contributed by atoms with van der Waals surface area (Å²) in [5.41, 5.74) is 9.57. The van der Waals surface area contributed by atoms with Crippen LogP contribution in [-0.2, 0) is 6.42 Å². The summed E-state index contributed by atoms with van der Waals surface area (Å²) in [6.45, 7) is 1.79. The molecule has 10 heteroatoms. The molecule has 0 aliphatic heterocycles. The van der Waals surface area contributed by atoms with E-state index in [2.05, 4.69) is 30.2 Å². The summed E-state index contributed by atoms with van der Waals surface area (Å²) in [5, 5.41) is 19.6. The van der Waals surface area contributed by atoms with Gasteiger partial charge in [0.15, 0.2) is 5.52 Å². The van der Waals surface area contributed by atoms with Crippen molar-refractivity contribution < 1.29 is 13.4 Å². The average molecular weight is 371 g/mol. The van der Waals surface area contributed by atoms with Crippen molar-refractivity contribution in [1.82, 2.24) is 20.3 Å². The van der Waals surface area contributed by atoms with Crippen LogP contribution in [-0.4, -0.2) is 32.2 Å². The molecule has 1 fully saturated rings. The first-order chi connectivity index (χ1) is 12.9. The Bertz CT molecular complexity index is 1070. The van der Waals surface area contributed by atoms with Crippen LogP contribution >= 0.6 is 0 Å². The van der Waals surface area contributed by atoms with Crippen molar-refractivity contribution in [1.29, 1.82) is 5.26 Å². The molecule has 0 bridgehead atoms. The van der Waals surface area contributed by atoms with Crippen molar-refractivity contribution in [2.24, 2.45) is 0 Å². The predicted octanol–water partition coefficient (Wildman–Crippen LogP) is 2.58. The highest BCUT2D eigenvalue weighted by atomic mass is 19.3. The molecule has 138 valence electrons. The van der Waals surface area contributed by atoms with Gasteiger partial charge in [-0.2, -0.15) is 5.26 Å². The number of hydrogen-bond donors (Lipinski definition) is 2. The van der Waals surface area contributed by atoms with Crippen LogP contribution in [0.3, 0.4) is 0 Å². The first-order valence-corrected chi connectivity index (χ1v) is 8.28. The molecule has 0 aromatic carbocycles. The van der Waals surface area contributed by atoms with Crippen molar-refractivity contribution in [2.45, 2.75) is 38.2 Å². The van der Waals surface area contributed by atoms with Crippen LogP contribution in [0.25, 0.3) is 11.2 Å². The highest BCUT2D eigenvalue weighted by Gasteiger charge is 2.45. The van der Waals surface area contributed by atoms with Crippen LogP contribution in [0.5, 0.6) is 0 Å². The molecular formula is C17H15F2N7O. The Hall–Kier alpha value is -3.35. The number of nitriles is 1. The molecule has 1 saturated carbocycles. The summed E-state index contributed by atoms with van der Waals surface area (Å²) in [6, 6.07) is 4.93. The van der Waals surface area contributed by atoms with Gasteiger partial charge in [-0.1, -0.05) is 0 Å². The van der Waals surface area contributed by atoms with Crippen molar-refractivity contribution in [2.75, 3.05) is 11.1 Å². The molecule has 0 saturated heterocycles. The van der Waals surface area contributed by atoms with E-state index in [0.29, 0.717) is 46.0 Å². The van der Waals surface area contributed by atoms with Gasteiger partial charge in [0.05, 0.1) is 11.3 Å². The maximum atomic E-state index is 13.1. The minimum atomic E-state index is -2.65. The third-order valence-electron chi connectivity index (χ3n) is 4.62. The number of aromatic nitrogens is 4. The minimum Gasteiger partial charge on any atom is -0.396 e. The summed E-state index contributed by atoms with van der Waals surface area (Å²) in [6.07, 6.45) is -0.195. The van der Waals surface area contributed by atoms with E-state index in [1.807, 2.05) is 6.07 Å². The molecule has 0 radical (unpaired) electrons. The number of rotatable bonds is 4. The topological polar surface area (TPSA) is 127 Å². The molecule has 1 aliphatic carbocycles. The van der Waals surface area contributed by atoms with Crippen LogP contribution < -0.4 is 11.1 Å². The summed E-state index contributed by atoms with van der Waals surface area (Å²) < 4.78 is 30.8. The number of nitrogen functional groups attached to an aromatic ring is 1. The smallest absolute Gasteiger partial charge is 0.252 e. The van der Waals surface area contributed by atoms with Gasteiger partial charge in [-0.3, -0.25) is 0 Å². The predicted molar refractivity (Wildman–Crippen MR) is 92.1 cm³/mol. The Morgan fingerprint density at radius 1 is 1.33 bits per heavy atom. The summed E-state index contributed by atoms with van der Waals surface area (Å²) in [4.78, 5) is 8.75. The van der Waals surface area contributed by atoms with E-state index in [1.165, 1.54) is 0 Å². The van der Waals surface area contributed by atoms with E-state index < -0.39 is 12.0 Å². The van der Waals surface area contributed by atoms with Crippen LogP contribution in [0.2, 0.25) is 0 Å². The SMILES string of the molecule is Cc1nc2nonc2c(N)c1Cc1ccc(C#N)c(NC2CC(F)(F)C2)n1.